The van der Waals surface area contributed by atoms with Gasteiger partial charge in [-0.25, -0.2) is 0 Å². The molecule has 1 heterocycles. The summed E-state index contributed by atoms with van der Waals surface area (Å²) in [5.41, 5.74) is 7.09. The molecule has 4 nitrogen and oxygen atoms in total. The van der Waals surface area contributed by atoms with Gasteiger partial charge >= 0.3 is 0 Å². The molecular weight excluding hydrogens is 224 g/mol. The molecule has 4 heteroatoms. The van der Waals surface area contributed by atoms with Crippen LogP contribution in [0.15, 0.2) is 36.7 Å². The Labute approximate surface area is 107 Å². The minimum Gasteiger partial charge on any atom is -0.328 e. The molecule has 1 aliphatic rings. The first-order chi connectivity index (χ1) is 8.84. The number of benzene rings is 1. The number of para-hydroxylation sites is 1. The molecule has 0 bridgehead atoms. The lowest BCUT2D eigenvalue weighted by molar-refractivity contribution is 0.382. The fourth-order valence-corrected chi connectivity index (χ4v) is 2.69. The number of hydrogen-bond donors (Lipinski definition) is 1. The van der Waals surface area contributed by atoms with Crippen LogP contribution in [-0.4, -0.2) is 20.8 Å². The lowest BCUT2D eigenvalue weighted by Gasteiger charge is -2.25. The second-order valence-electron chi connectivity index (χ2n) is 5.01. The first kappa shape index (κ1) is 11.4. The minimum atomic E-state index is 0.370. The zero-order valence-corrected chi connectivity index (χ0v) is 10.4. The van der Waals surface area contributed by atoms with Crippen molar-refractivity contribution in [2.45, 2.75) is 37.6 Å². The van der Waals surface area contributed by atoms with Crippen molar-refractivity contribution in [1.82, 2.24) is 14.8 Å². The molecule has 0 atom stereocenters. The zero-order chi connectivity index (χ0) is 12.4. The molecule has 3 rings (SSSR count). The van der Waals surface area contributed by atoms with Crippen LogP contribution in [0.1, 0.15) is 37.4 Å². The third-order valence-electron chi connectivity index (χ3n) is 3.75. The van der Waals surface area contributed by atoms with Crippen LogP contribution in [0.5, 0.6) is 0 Å². The highest BCUT2D eigenvalue weighted by Gasteiger charge is 2.24. The van der Waals surface area contributed by atoms with Crippen LogP contribution in [0.4, 0.5) is 0 Å². The Morgan fingerprint density at radius 3 is 2.50 bits per heavy atom. The van der Waals surface area contributed by atoms with Crippen LogP contribution < -0.4 is 5.73 Å². The van der Waals surface area contributed by atoms with Gasteiger partial charge in [-0.05, 0) is 37.8 Å². The van der Waals surface area contributed by atoms with Crippen molar-refractivity contribution in [2.75, 3.05) is 0 Å². The maximum Gasteiger partial charge on any atom is 0.140 e. The quantitative estimate of drug-likeness (QED) is 0.878. The molecule has 1 fully saturated rings. The van der Waals surface area contributed by atoms with Crippen LogP contribution in [0, 0.1) is 0 Å². The number of hydrogen-bond acceptors (Lipinski definition) is 3. The standard InChI is InChI=1S/C14H18N4/c15-12-8-6-11(7-9-12)14-17-16-10-18(14)13-4-2-1-3-5-13/h1-5,10-12H,6-9,15H2. The van der Waals surface area contributed by atoms with Crippen LogP contribution in [-0.2, 0) is 0 Å². The summed E-state index contributed by atoms with van der Waals surface area (Å²) >= 11 is 0. The molecule has 1 aromatic heterocycles. The maximum atomic E-state index is 5.96. The Morgan fingerprint density at radius 1 is 1.06 bits per heavy atom. The second kappa shape index (κ2) is 4.90. The van der Waals surface area contributed by atoms with Crippen molar-refractivity contribution in [2.24, 2.45) is 5.73 Å². The van der Waals surface area contributed by atoms with Gasteiger partial charge in [-0.2, -0.15) is 0 Å². The van der Waals surface area contributed by atoms with Crippen LogP contribution >= 0.6 is 0 Å². The molecule has 0 saturated heterocycles. The summed E-state index contributed by atoms with van der Waals surface area (Å²) in [5, 5.41) is 8.39. The molecule has 1 aromatic carbocycles. The highest BCUT2D eigenvalue weighted by Crippen LogP contribution is 2.31. The van der Waals surface area contributed by atoms with Crippen LogP contribution in [0.3, 0.4) is 0 Å². The Hall–Kier alpha value is -1.68. The van der Waals surface area contributed by atoms with Gasteiger partial charge in [0.05, 0.1) is 0 Å². The first-order valence-electron chi connectivity index (χ1n) is 6.55. The SMILES string of the molecule is NC1CCC(c2nncn2-c2ccccc2)CC1. The van der Waals surface area contributed by atoms with Gasteiger partial charge in [0.1, 0.15) is 12.2 Å². The van der Waals surface area contributed by atoms with Gasteiger partial charge in [0.2, 0.25) is 0 Å². The third kappa shape index (κ3) is 2.16. The van der Waals surface area contributed by atoms with Gasteiger partial charge in [-0.15, -0.1) is 10.2 Å². The van der Waals surface area contributed by atoms with Crippen LogP contribution in [0.25, 0.3) is 5.69 Å². The largest absolute Gasteiger partial charge is 0.328 e. The van der Waals surface area contributed by atoms with E-state index in [9.17, 15) is 0 Å². The van der Waals surface area contributed by atoms with Gasteiger partial charge in [0, 0.05) is 17.6 Å². The topological polar surface area (TPSA) is 56.7 Å². The van der Waals surface area contributed by atoms with Crippen molar-refractivity contribution >= 4 is 0 Å². The lowest BCUT2D eigenvalue weighted by Crippen LogP contribution is -2.26. The monoisotopic (exact) mass is 242 g/mol. The summed E-state index contributed by atoms with van der Waals surface area (Å²) in [7, 11) is 0. The number of aromatic nitrogens is 3. The van der Waals surface area contributed by atoms with E-state index < -0.39 is 0 Å². The van der Waals surface area contributed by atoms with Gasteiger partial charge in [0.25, 0.3) is 0 Å². The molecule has 0 aliphatic heterocycles. The van der Waals surface area contributed by atoms with E-state index in [0.29, 0.717) is 12.0 Å². The van der Waals surface area contributed by atoms with E-state index in [1.54, 1.807) is 6.33 Å². The van der Waals surface area contributed by atoms with Crippen molar-refractivity contribution in [3.63, 3.8) is 0 Å². The average Bonchev–Trinajstić information content (AvgIpc) is 2.90. The maximum absolute atomic E-state index is 5.96. The summed E-state index contributed by atoms with van der Waals surface area (Å²) in [4.78, 5) is 0. The van der Waals surface area contributed by atoms with Crippen molar-refractivity contribution < 1.29 is 0 Å². The first-order valence-corrected chi connectivity index (χ1v) is 6.55. The predicted octanol–water partition coefficient (Wildman–Crippen LogP) is 2.25. The molecule has 0 unspecified atom stereocenters. The van der Waals surface area contributed by atoms with E-state index in [1.165, 1.54) is 0 Å². The van der Waals surface area contributed by atoms with Gasteiger partial charge in [-0.1, -0.05) is 18.2 Å². The van der Waals surface area contributed by atoms with Crippen molar-refractivity contribution in [1.29, 1.82) is 0 Å². The van der Waals surface area contributed by atoms with Crippen LogP contribution in [0.2, 0.25) is 0 Å². The van der Waals surface area contributed by atoms with Gasteiger partial charge in [0.15, 0.2) is 0 Å². The Balaban J connectivity index is 1.88. The highest BCUT2D eigenvalue weighted by molar-refractivity contribution is 5.32. The van der Waals surface area contributed by atoms with Crippen molar-refractivity contribution in [3.05, 3.63) is 42.5 Å². The van der Waals surface area contributed by atoms with E-state index >= 15 is 0 Å². The molecular formula is C14H18N4. The van der Waals surface area contributed by atoms with E-state index in [4.69, 9.17) is 5.73 Å². The normalized spacial score (nSPS) is 24.1. The predicted molar refractivity (Wildman–Crippen MR) is 70.5 cm³/mol. The van der Waals surface area contributed by atoms with Gasteiger partial charge in [-0.3, -0.25) is 4.57 Å². The summed E-state index contributed by atoms with van der Waals surface area (Å²) in [6.07, 6.45) is 6.22. The Morgan fingerprint density at radius 2 is 1.78 bits per heavy atom. The number of nitrogens with two attached hydrogens (primary N) is 1. The Bertz CT molecular complexity index is 498. The summed E-state index contributed by atoms with van der Waals surface area (Å²) in [6.45, 7) is 0. The summed E-state index contributed by atoms with van der Waals surface area (Å²) in [5.74, 6) is 1.57. The van der Waals surface area contributed by atoms with E-state index in [2.05, 4.69) is 26.9 Å². The van der Waals surface area contributed by atoms with Gasteiger partial charge < -0.3 is 5.73 Å². The lowest BCUT2D eigenvalue weighted by atomic mass is 9.86. The number of rotatable bonds is 2. The van der Waals surface area contributed by atoms with Crippen molar-refractivity contribution in [3.8, 4) is 5.69 Å². The fourth-order valence-electron chi connectivity index (χ4n) is 2.69. The highest BCUT2D eigenvalue weighted by atomic mass is 15.3. The third-order valence-corrected chi connectivity index (χ3v) is 3.75. The molecule has 0 spiro atoms. The molecule has 2 N–H and O–H groups in total. The average molecular weight is 242 g/mol. The van der Waals surface area contributed by atoms with E-state index in [0.717, 1.165) is 37.2 Å². The summed E-state index contributed by atoms with van der Waals surface area (Å²) in [6, 6.07) is 10.6. The minimum absolute atomic E-state index is 0.370. The molecule has 0 amide bonds. The smallest absolute Gasteiger partial charge is 0.140 e. The molecule has 1 saturated carbocycles. The molecule has 18 heavy (non-hydrogen) atoms. The van der Waals surface area contributed by atoms with E-state index in [1.807, 2.05) is 18.2 Å². The second-order valence-corrected chi connectivity index (χ2v) is 5.01. The molecule has 1 aliphatic carbocycles. The summed E-state index contributed by atoms with van der Waals surface area (Å²) < 4.78 is 2.10. The molecule has 2 aromatic rings. The molecule has 0 radical (unpaired) electrons. The fraction of sp³-hybridized carbons (Fsp3) is 0.429. The molecule has 94 valence electrons. The zero-order valence-electron chi connectivity index (χ0n) is 10.4. The van der Waals surface area contributed by atoms with E-state index in [-0.39, 0.29) is 0 Å². The Kier molecular flexibility index (Phi) is 3.11. The number of nitrogens with zero attached hydrogens (tertiary/aromatic N) is 3.